The standard InChI is InChI=1S/C14H27N3O2S/c1-6-12-13(9-15-3)20-14(16-12)17(7-8-18-4)11(2)10-19-5/h11,15H,6-10H2,1-5H3. The first-order chi connectivity index (χ1) is 9.67. The Bertz CT molecular complexity index is 384. The number of methoxy groups -OCH3 is 2. The second kappa shape index (κ2) is 9.28. The number of nitrogens with one attached hydrogen (secondary N) is 1. The molecule has 1 rings (SSSR count). The molecule has 5 nitrogen and oxygen atoms in total. The number of aromatic nitrogens is 1. The van der Waals surface area contributed by atoms with Crippen molar-refractivity contribution in [1.29, 1.82) is 0 Å². The van der Waals surface area contributed by atoms with E-state index < -0.39 is 0 Å². The van der Waals surface area contributed by atoms with Crippen LogP contribution in [0.15, 0.2) is 0 Å². The number of hydrogen-bond acceptors (Lipinski definition) is 6. The van der Waals surface area contributed by atoms with Gasteiger partial charge in [0.1, 0.15) is 0 Å². The number of anilines is 1. The minimum absolute atomic E-state index is 0.286. The number of thiazole rings is 1. The Morgan fingerprint density at radius 2 is 2.10 bits per heavy atom. The van der Waals surface area contributed by atoms with Gasteiger partial charge in [0.25, 0.3) is 0 Å². The molecule has 1 aromatic heterocycles. The van der Waals surface area contributed by atoms with Crippen LogP contribution < -0.4 is 10.2 Å². The molecule has 0 spiro atoms. The summed E-state index contributed by atoms with van der Waals surface area (Å²) < 4.78 is 10.5. The first kappa shape index (κ1) is 17.4. The fourth-order valence-corrected chi connectivity index (χ4v) is 3.38. The van der Waals surface area contributed by atoms with Gasteiger partial charge in [-0.25, -0.2) is 4.98 Å². The molecule has 0 bridgehead atoms. The maximum Gasteiger partial charge on any atom is 0.186 e. The van der Waals surface area contributed by atoms with Crippen molar-refractivity contribution in [3.8, 4) is 0 Å². The predicted molar refractivity (Wildman–Crippen MR) is 84.8 cm³/mol. The van der Waals surface area contributed by atoms with Crippen molar-refractivity contribution in [3.05, 3.63) is 10.6 Å². The molecule has 116 valence electrons. The van der Waals surface area contributed by atoms with E-state index in [0.29, 0.717) is 13.2 Å². The molecule has 0 radical (unpaired) electrons. The van der Waals surface area contributed by atoms with Crippen LogP contribution in [0.3, 0.4) is 0 Å². The summed E-state index contributed by atoms with van der Waals surface area (Å²) in [4.78, 5) is 8.39. The topological polar surface area (TPSA) is 46.6 Å². The molecule has 0 saturated heterocycles. The van der Waals surface area contributed by atoms with Gasteiger partial charge in [-0.2, -0.15) is 0 Å². The molecular formula is C14H27N3O2S. The van der Waals surface area contributed by atoms with Gasteiger partial charge in [0, 0.05) is 32.2 Å². The van der Waals surface area contributed by atoms with Gasteiger partial charge in [0.2, 0.25) is 0 Å². The van der Waals surface area contributed by atoms with Crippen LogP contribution in [0.2, 0.25) is 0 Å². The molecule has 0 aliphatic heterocycles. The van der Waals surface area contributed by atoms with Crippen molar-refractivity contribution in [2.45, 2.75) is 32.9 Å². The predicted octanol–water partition coefficient (Wildman–Crippen LogP) is 1.91. The zero-order chi connectivity index (χ0) is 15.0. The van der Waals surface area contributed by atoms with Gasteiger partial charge in [-0.15, -0.1) is 11.3 Å². The highest BCUT2D eigenvalue weighted by Crippen LogP contribution is 2.28. The van der Waals surface area contributed by atoms with E-state index in [1.165, 1.54) is 10.6 Å². The van der Waals surface area contributed by atoms with Crippen LogP contribution in [0.4, 0.5) is 5.13 Å². The third-order valence-electron chi connectivity index (χ3n) is 3.16. The SMILES string of the molecule is CCc1nc(N(CCOC)C(C)COC)sc1CNC. The van der Waals surface area contributed by atoms with Crippen molar-refractivity contribution >= 4 is 16.5 Å². The molecule has 1 aromatic rings. The molecule has 1 atom stereocenters. The molecule has 1 unspecified atom stereocenters. The second-order valence-electron chi connectivity index (χ2n) is 4.74. The molecule has 0 aliphatic carbocycles. The molecule has 0 saturated carbocycles. The van der Waals surface area contributed by atoms with Gasteiger partial charge >= 0.3 is 0 Å². The number of ether oxygens (including phenoxy) is 2. The van der Waals surface area contributed by atoms with Crippen molar-refractivity contribution in [2.24, 2.45) is 0 Å². The van der Waals surface area contributed by atoms with E-state index in [4.69, 9.17) is 14.5 Å². The second-order valence-corrected chi connectivity index (χ2v) is 5.80. The van der Waals surface area contributed by atoms with E-state index in [1.807, 2.05) is 7.05 Å². The largest absolute Gasteiger partial charge is 0.383 e. The monoisotopic (exact) mass is 301 g/mol. The van der Waals surface area contributed by atoms with Gasteiger partial charge in [0.05, 0.1) is 24.9 Å². The first-order valence-electron chi connectivity index (χ1n) is 7.05. The lowest BCUT2D eigenvalue weighted by Crippen LogP contribution is -2.38. The summed E-state index contributed by atoms with van der Waals surface area (Å²) in [5, 5.41) is 4.27. The Balaban J connectivity index is 2.93. The molecule has 0 amide bonds. The summed E-state index contributed by atoms with van der Waals surface area (Å²) in [6.45, 7) is 7.39. The Morgan fingerprint density at radius 1 is 1.35 bits per heavy atom. The van der Waals surface area contributed by atoms with Crippen LogP contribution in [0.5, 0.6) is 0 Å². The molecule has 20 heavy (non-hydrogen) atoms. The Labute approximate surface area is 126 Å². The number of nitrogens with zero attached hydrogens (tertiary/aromatic N) is 2. The molecule has 0 aliphatic rings. The summed E-state index contributed by atoms with van der Waals surface area (Å²) >= 11 is 1.76. The van der Waals surface area contributed by atoms with Gasteiger partial charge < -0.3 is 19.7 Å². The fraction of sp³-hybridized carbons (Fsp3) is 0.786. The summed E-state index contributed by atoms with van der Waals surface area (Å²) in [5.74, 6) is 0. The highest BCUT2D eigenvalue weighted by molar-refractivity contribution is 7.15. The van der Waals surface area contributed by atoms with Gasteiger partial charge in [-0.3, -0.25) is 0 Å². The summed E-state index contributed by atoms with van der Waals surface area (Å²) in [5.41, 5.74) is 1.19. The van der Waals surface area contributed by atoms with E-state index in [9.17, 15) is 0 Å². The van der Waals surface area contributed by atoms with E-state index in [-0.39, 0.29) is 6.04 Å². The van der Waals surface area contributed by atoms with Crippen LogP contribution in [0.25, 0.3) is 0 Å². The maximum atomic E-state index is 5.28. The normalized spacial score (nSPS) is 12.7. The zero-order valence-corrected chi connectivity index (χ0v) is 14.0. The Hall–Kier alpha value is -0.690. The lowest BCUT2D eigenvalue weighted by molar-refractivity contribution is 0.171. The van der Waals surface area contributed by atoms with Crippen molar-refractivity contribution < 1.29 is 9.47 Å². The summed E-state index contributed by atoms with van der Waals surface area (Å²) in [6, 6.07) is 0.286. The lowest BCUT2D eigenvalue weighted by atomic mass is 10.3. The van der Waals surface area contributed by atoms with E-state index in [2.05, 4.69) is 24.1 Å². The highest BCUT2D eigenvalue weighted by atomic mass is 32.1. The highest BCUT2D eigenvalue weighted by Gasteiger charge is 2.19. The Kier molecular flexibility index (Phi) is 8.06. The first-order valence-corrected chi connectivity index (χ1v) is 7.87. The van der Waals surface area contributed by atoms with Crippen molar-refractivity contribution in [3.63, 3.8) is 0 Å². The van der Waals surface area contributed by atoms with Crippen molar-refractivity contribution in [1.82, 2.24) is 10.3 Å². The summed E-state index contributed by atoms with van der Waals surface area (Å²) in [7, 11) is 5.43. The van der Waals surface area contributed by atoms with Crippen LogP contribution in [0, 0.1) is 0 Å². The lowest BCUT2D eigenvalue weighted by Gasteiger charge is -2.28. The van der Waals surface area contributed by atoms with Crippen LogP contribution >= 0.6 is 11.3 Å². The van der Waals surface area contributed by atoms with Gasteiger partial charge in [0.15, 0.2) is 5.13 Å². The number of hydrogen-bond donors (Lipinski definition) is 1. The Morgan fingerprint density at radius 3 is 2.65 bits per heavy atom. The van der Waals surface area contributed by atoms with Crippen LogP contribution in [-0.2, 0) is 22.4 Å². The molecule has 0 fully saturated rings. The molecule has 1 heterocycles. The minimum Gasteiger partial charge on any atom is -0.383 e. The van der Waals surface area contributed by atoms with Gasteiger partial charge in [-0.1, -0.05) is 6.92 Å². The van der Waals surface area contributed by atoms with E-state index in [0.717, 1.165) is 24.6 Å². The molecule has 6 heteroatoms. The van der Waals surface area contributed by atoms with Gasteiger partial charge in [-0.05, 0) is 20.4 Å². The van der Waals surface area contributed by atoms with Crippen molar-refractivity contribution in [2.75, 3.05) is 45.9 Å². The quantitative estimate of drug-likeness (QED) is 0.715. The zero-order valence-electron chi connectivity index (χ0n) is 13.2. The van der Waals surface area contributed by atoms with E-state index >= 15 is 0 Å². The molecule has 0 aromatic carbocycles. The fourth-order valence-electron chi connectivity index (χ4n) is 2.09. The average Bonchev–Trinajstić information content (AvgIpc) is 2.83. The smallest absolute Gasteiger partial charge is 0.186 e. The summed E-state index contributed by atoms with van der Waals surface area (Å²) in [6.07, 6.45) is 0.963. The number of aryl methyl sites for hydroxylation is 1. The molecular weight excluding hydrogens is 274 g/mol. The third kappa shape index (κ3) is 4.70. The number of rotatable bonds is 10. The van der Waals surface area contributed by atoms with E-state index in [1.54, 1.807) is 25.6 Å². The van der Waals surface area contributed by atoms with Crippen LogP contribution in [0.1, 0.15) is 24.4 Å². The maximum absolute atomic E-state index is 5.28. The minimum atomic E-state index is 0.286. The average molecular weight is 301 g/mol. The van der Waals surface area contributed by atoms with Crippen LogP contribution in [-0.4, -0.2) is 52.1 Å². The third-order valence-corrected chi connectivity index (χ3v) is 4.30. The molecule has 1 N–H and O–H groups in total.